The van der Waals surface area contributed by atoms with Crippen molar-refractivity contribution in [3.05, 3.63) is 75.8 Å². The predicted molar refractivity (Wildman–Crippen MR) is 197 cm³/mol. The standard InChI is InChI=1S/C41H54O12/c1-40(2,3)28-15-25(16-29(38(28)47-11)41(4,5)6)34-27-14-24(12-13-30(27)52-33(34)19-48-20-43-7)37-39(53-37)36(42)35-31(50-22-45-9)17-26(49-21-44-8)18-32(35)51-23-46-10/h12-18,33-34,37,39H,19-23H2,1-11H3. The second-order valence-corrected chi connectivity index (χ2v) is 15.1. The summed E-state index contributed by atoms with van der Waals surface area (Å²) in [6.07, 6.45) is -1.64. The molecule has 0 saturated carbocycles. The smallest absolute Gasteiger partial charge is 0.202 e. The zero-order chi connectivity index (χ0) is 38.5. The van der Waals surface area contributed by atoms with Crippen molar-refractivity contribution in [2.45, 2.75) is 76.6 Å². The lowest BCUT2D eigenvalue weighted by Gasteiger charge is -2.31. The highest BCUT2D eigenvalue weighted by Crippen LogP contribution is 2.51. The molecule has 0 aliphatic carbocycles. The normalized spacial score (nSPS) is 19.4. The molecule has 2 aliphatic heterocycles. The summed E-state index contributed by atoms with van der Waals surface area (Å²) in [6.45, 7) is 13.4. The number of ether oxygens (including phenoxy) is 11. The van der Waals surface area contributed by atoms with Gasteiger partial charge in [0.2, 0.25) is 5.78 Å². The fraction of sp³-hybridized carbons (Fsp3) is 0.537. The van der Waals surface area contributed by atoms with E-state index >= 15 is 0 Å². The summed E-state index contributed by atoms with van der Waals surface area (Å²) in [5, 5.41) is 0. The highest BCUT2D eigenvalue weighted by atomic mass is 16.7. The van der Waals surface area contributed by atoms with Gasteiger partial charge in [-0.2, -0.15) is 0 Å². The number of fused-ring (bicyclic) bond motifs is 1. The number of carbonyl (C=O) groups is 1. The molecule has 0 radical (unpaired) electrons. The number of carbonyl (C=O) groups excluding carboxylic acids is 1. The summed E-state index contributed by atoms with van der Waals surface area (Å²) < 4.78 is 62.6. The summed E-state index contributed by atoms with van der Waals surface area (Å²) in [6, 6.07) is 13.6. The van der Waals surface area contributed by atoms with E-state index < -0.39 is 12.2 Å². The van der Waals surface area contributed by atoms with Gasteiger partial charge in [-0.05, 0) is 34.1 Å². The largest absolute Gasteiger partial charge is 0.496 e. The Morgan fingerprint density at radius 2 is 1.26 bits per heavy atom. The van der Waals surface area contributed by atoms with E-state index in [1.807, 2.05) is 12.1 Å². The molecule has 0 spiro atoms. The zero-order valence-electron chi connectivity index (χ0n) is 32.8. The summed E-state index contributed by atoms with van der Waals surface area (Å²) in [4.78, 5) is 14.2. The minimum absolute atomic E-state index is 0.0114. The van der Waals surface area contributed by atoms with E-state index in [9.17, 15) is 4.79 Å². The van der Waals surface area contributed by atoms with Crippen LogP contribution in [0.2, 0.25) is 0 Å². The van der Waals surface area contributed by atoms with Gasteiger partial charge in [0, 0.05) is 57.3 Å². The lowest BCUT2D eigenvalue weighted by Crippen LogP contribution is -2.27. The Morgan fingerprint density at radius 3 is 1.79 bits per heavy atom. The molecule has 12 heteroatoms. The molecule has 53 heavy (non-hydrogen) atoms. The molecule has 0 N–H and O–H groups in total. The van der Waals surface area contributed by atoms with Crippen LogP contribution in [-0.2, 0) is 39.3 Å². The van der Waals surface area contributed by atoms with Crippen molar-refractivity contribution in [1.29, 1.82) is 0 Å². The molecule has 0 amide bonds. The van der Waals surface area contributed by atoms with Gasteiger partial charge in [0.1, 0.15) is 53.3 Å². The first-order valence-corrected chi connectivity index (χ1v) is 17.6. The third-order valence-corrected chi connectivity index (χ3v) is 9.17. The fourth-order valence-corrected chi connectivity index (χ4v) is 6.66. The van der Waals surface area contributed by atoms with E-state index in [1.54, 1.807) is 26.4 Å². The van der Waals surface area contributed by atoms with Crippen molar-refractivity contribution in [2.75, 3.05) is 69.3 Å². The molecular weight excluding hydrogens is 684 g/mol. The average molecular weight is 739 g/mol. The molecule has 1 fully saturated rings. The minimum Gasteiger partial charge on any atom is -0.496 e. The number of benzene rings is 3. The van der Waals surface area contributed by atoms with E-state index in [2.05, 4.69) is 59.7 Å². The lowest BCUT2D eigenvalue weighted by atomic mass is 9.75. The third-order valence-electron chi connectivity index (χ3n) is 9.17. The van der Waals surface area contributed by atoms with Crippen LogP contribution in [0.3, 0.4) is 0 Å². The maximum atomic E-state index is 14.2. The fourth-order valence-electron chi connectivity index (χ4n) is 6.66. The number of methoxy groups -OCH3 is 5. The summed E-state index contributed by atoms with van der Waals surface area (Å²) >= 11 is 0. The van der Waals surface area contributed by atoms with Crippen LogP contribution in [-0.4, -0.2) is 87.3 Å². The zero-order valence-corrected chi connectivity index (χ0v) is 32.8. The topological polar surface area (TPSA) is 122 Å². The number of hydrogen-bond donors (Lipinski definition) is 0. The van der Waals surface area contributed by atoms with Gasteiger partial charge in [-0.1, -0.05) is 59.7 Å². The quantitative estimate of drug-likeness (QED) is 0.0574. The van der Waals surface area contributed by atoms with Crippen molar-refractivity contribution in [2.24, 2.45) is 0 Å². The van der Waals surface area contributed by atoms with Crippen molar-refractivity contribution in [3.8, 4) is 28.7 Å². The number of epoxide rings is 1. The highest BCUT2D eigenvalue weighted by molar-refractivity contribution is 6.06. The van der Waals surface area contributed by atoms with Gasteiger partial charge < -0.3 is 52.1 Å². The Balaban J connectivity index is 1.54. The molecule has 5 rings (SSSR count). The van der Waals surface area contributed by atoms with E-state index in [1.165, 1.54) is 21.3 Å². The second-order valence-electron chi connectivity index (χ2n) is 15.1. The molecular formula is C41H54O12. The first-order valence-electron chi connectivity index (χ1n) is 17.6. The van der Waals surface area contributed by atoms with Crippen LogP contribution >= 0.6 is 0 Å². The first-order chi connectivity index (χ1) is 25.3. The first kappa shape index (κ1) is 40.3. The van der Waals surface area contributed by atoms with Crippen molar-refractivity contribution in [3.63, 3.8) is 0 Å². The highest BCUT2D eigenvalue weighted by Gasteiger charge is 2.49. The van der Waals surface area contributed by atoms with Crippen LogP contribution in [0.5, 0.6) is 28.7 Å². The van der Waals surface area contributed by atoms with Gasteiger partial charge in [0.15, 0.2) is 26.5 Å². The summed E-state index contributed by atoms with van der Waals surface area (Å²) in [5.41, 5.74) is 4.91. The van der Waals surface area contributed by atoms with Gasteiger partial charge in [-0.25, -0.2) is 0 Å². The predicted octanol–water partition coefficient (Wildman–Crippen LogP) is 7.07. The maximum Gasteiger partial charge on any atom is 0.202 e. The molecule has 0 bridgehead atoms. The SMILES string of the molecule is COCOCC1Oc2ccc(C3OC3C(=O)c3c(OCOC)cc(OCOC)cc3OCOC)cc2C1c1cc(C(C)(C)C)c(OC)c(C(C)(C)C)c1. The van der Waals surface area contributed by atoms with Crippen LogP contribution in [0.25, 0.3) is 0 Å². The Hall–Kier alpha value is -3.91. The average Bonchev–Trinajstić information content (AvgIpc) is 3.84. The molecule has 1 saturated heterocycles. The summed E-state index contributed by atoms with van der Waals surface area (Å²) in [5.74, 6) is 1.95. The number of hydrogen-bond acceptors (Lipinski definition) is 12. The van der Waals surface area contributed by atoms with E-state index in [0.717, 1.165) is 39.3 Å². The third kappa shape index (κ3) is 9.08. The van der Waals surface area contributed by atoms with Gasteiger partial charge in [-0.15, -0.1) is 0 Å². The minimum atomic E-state index is -0.795. The maximum absolute atomic E-state index is 14.2. The van der Waals surface area contributed by atoms with Crippen LogP contribution in [0, 0.1) is 0 Å². The van der Waals surface area contributed by atoms with Crippen LogP contribution in [0.1, 0.15) is 91.7 Å². The van der Waals surface area contributed by atoms with Gasteiger partial charge in [0.05, 0.1) is 19.6 Å². The molecule has 4 unspecified atom stereocenters. The molecule has 4 atom stereocenters. The Labute approximate surface area is 312 Å². The van der Waals surface area contributed by atoms with Crippen LogP contribution in [0.15, 0.2) is 42.5 Å². The second kappa shape index (κ2) is 17.0. The molecule has 3 aromatic carbocycles. The lowest BCUT2D eigenvalue weighted by molar-refractivity contribution is -0.0551. The Kier molecular flexibility index (Phi) is 13.0. The monoisotopic (exact) mass is 738 g/mol. The number of rotatable bonds is 18. The Morgan fingerprint density at radius 1 is 0.698 bits per heavy atom. The van der Waals surface area contributed by atoms with Crippen LogP contribution in [0.4, 0.5) is 0 Å². The number of Topliss-reactive ketones (excluding diaryl/α,β-unsaturated/α-hetero) is 1. The molecule has 0 aromatic heterocycles. The molecule has 2 aliphatic rings. The van der Waals surface area contributed by atoms with E-state index in [4.69, 9.17) is 52.1 Å². The van der Waals surface area contributed by atoms with Gasteiger partial charge >= 0.3 is 0 Å². The molecule has 12 nitrogen and oxygen atoms in total. The van der Waals surface area contributed by atoms with Crippen molar-refractivity contribution < 1.29 is 56.9 Å². The molecule has 3 aromatic rings. The molecule has 2 heterocycles. The van der Waals surface area contributed by atoms with Gasteiger partial charge in [-0.3, -0.25) is 4.79 Å². The number of ketones is 1. The van der Waals surface area contributed by atoms with Crippen molar-refractivity contribution >= 4 is 5.78 Å². The summed E-state index contributed by atoms with van der Waals surface area (Å²) in [7, 11) is 7.83. The van der Waals surface area contributed by atoms with Crippen molar-refractivity contribution in [1.82, 2.24) is 0 Å². The van der Waals surface area contributed by atoms with Crippen LogP contribution < -0.4 is 23.7 Å². The Bertz CT molecular complexity index is 1660. The van der Waals surface area contributed by atoms with E-state index in [-0.39, 0.29) is 72.9 Å². The van der Waals surface area contributed by atoms with Gasteiger partial charge in [0.25, 0.3) is 0 Å². The molecule has 290 valence electrons. The van der Waals surface area contributed by atoms with E-state index in [0.29, 0.717) is 12.4 Å².